The van der Waals surface area contributed by atoms with Gasteiger partial charge in [0.05, 0.1) is 17.5 Å². The van der Waals surface area contributed by atoms with E-state index in [1.807, 2.05) is 17.0 Å². The van der Waals surface area contributed by atoms with Gasteiger partial charge >= 0.3 is 5.97 Å². The molecule has 4 rings (SSSR count). The molecule has 9 heteroatoms. The number of carbonyl (C=O) groups excluding carboxylic acids is 2. The molecule has 7 nitrogen and oxygen atoms in total. The average Bonchev–Trinajstić information content (AvgIpc) is 3.25. The summed E-state index contributed by atoms with van der Waals surface area (Å²) in [4.78, 5) is 45.3. The van der Waals surface area contributed by atoms with Crippen LogP contribution in [0.2, 0.25) is 5.02 Å². The fraction of sp³-hybridized carbons (Fsp3) is 0.556. The smallest absolute Gasteiger partial charge is 0.305 e. The van der Waals surface area contributed by atoms with Gasteiger partial charge < -0.3 is 15.3 Å². The first-order valence-electron chi connectivity index (χ1n) is 16.1. The van der Waals surface area contributed by atoms with Crippen LogP contribution >= 0.6 is 11.6 Å². The van der Waals surface area contributed by atoms with E-state index < -0.39 is 17.4 Å². The summed E-state index contributed by atoms with van der Waals surface area (Å²) in [5, 5.41) is 11.5. The van der Waals surface area contributed by atoms with Crippen molar-refractivity contribution >= 4 is 35.1 Å². The summed E-state index contributed by atoms with van der Waals surface area (Å²) in [6.45, 7) is 13.4. The van der Waals surface area contributed by atoms with Crippen molar-refractivity contribution in [2.75, 3.05) is 6.54 Å². The van der Waals surface area contributed by atoms with E-state index in [9.17, 15) is 18.8 Å². The summed E-state index contributed by atoms with van der Waals surface area (Å²) in [5.74, 6) is -1.56. The Bertz CT molecular complexity index is 1440. The number of carboxylic acids is 1. The van der Waals surface area contributed by atoms with E-state index in [2.05, 4.69) is 46.9 Å². The van der Waals surface area contributed by atoms with Crippen molar-refractivity contribution in [3.8, 4) is 0 Å². The quantitative estimate of drug-likeness (QED) is 0.259. The minimum atomic E-state index is -0.978. The minimum Gasteiger partial charge on any atom is -0.481 e. The zero-order chi connectivity index (χ0) is 33.2. The molecule has 0 aromatic heterocycles. The highest BCUT2D eigenvalue weighted by molar-refractivity contribution is 6.47. The number of hydrogen-bond acceptors (Lipinski definition) is 4. The molecule has 1 heterocycles. The molecule has 1 atom stereocenters. The lowest BCUT2D eigenvalue weighted by atomic mass is 9.67. The third-order valence-corrected chi connectivity index (χ3v) is 10.1. The zero-order valence-corrected chi connectivity index (χ0v) is 28.1. The number of halogens is 2. The Kier molecular flexibility index (Phi) is 10.5. The summed E-state index contributed by atoms with van der Waals surface area (Å²) < 4.78 is 14.1. The van der Waals surface area contributed by atoms with E-state index in [1.165, 1.54) is 12.1 Å². The van der Waals surface area contributed by atoms with Crippen LogP contribution in [0.1, 0.15) is 120 Å². The molecule has 2 aromatic rings. The third-order valence-electron chi connectivity index (χ3n) is 9.85. The van der Waals surface area contributed by atoms with Crippen LogP contribution in [0, 0.1) is 22.6 Å². The second-order valence-corrected chi connectivity index (χ2v) is 14.9. The Labute approximate surface area is 271 Å². The lowest BCUT2D eigenvalue weighted by Crippen LogP contribution is -2.51. The average molecular weight is 640 g/mol. The van der Waals surface area contributed by atoms with E-state index in [-0.39, 0.29) is 46.7 Å². The molecule has 2 aliphatic rings. The molecular formula is C36H47ClFN3O4. The van der Waals surface area contributed by atoms with Gasteiger partial charge in [0.25, 0.3) is 11.8 Å². The lowest BCUT2D eigenvalue weighted by molar-refractivity contribution is -0.137. The van der Waals surface area contributed by atoms with Crippen molar-refractivity contribution in [3.63, 3.8) is 0 Å². The Hall–Kier alpha value is -3.26. The van der Waals surface area contributed by atoms with Crippen LogP contribution in [0.15, 0.2) is 47.5 Å². The van der Waals surface area contributed by atoms with Gasteiger partial charge in [-0.1, -0.05) is 71.7 Å². The lowest BCUT2D eigenvalue weighted by Gasteiger charge is -2.48. The molecular weight excluding hydrogens is 593 g/mol. The Morgan fingerprint density at radius 1 is 1.11 bits per heavy atom. The molecule has 45 heavy (non-hydrogen) atoms. The zero-order valence-electron chi connectivity index (χ0n) is 27.4. The van der Waals surface area contributed by atoms with Crippen molar-refractivity contribution in [3.05, 3.63) is 70.0 Å². The van der Waals surface area contributed by atoms with Gasteiger partial charge in [0.2, 0.25) is 0 Å². The molecule has 1 saturated carbocycles. The molecule has 2 aromatic carbocycles. The highest BCUT2D eigenvalue weighted by Crippen LogP contribution is 2.51. The van der Waals surface area contributed by atoms with E-state index in [0.29, 0.717) is 29.2 Å². The maximum absolute atomic E-state index is 14.5. The fourth-order valence-corrected chi connectivity index (χ4v) is 6.82. The number of aliphatic imine (C=N–C) groups is 1. The Balaban J connectivity index is 1.74. The third kappa shape index (κ3) is 7.94. The molecule has 1 aliphatic carbocycles. The second kappa shape index (κ2) is 13.6. The van der Waals surface area contributed by atoms with E-state index in [4.69, 9.17) is 21.7 Å². The van der Waals surface area contributed by atoms with Crippen LogP contribution < -0.4 is 5.32 Å². The highest BCUT2D eigenvalue weighted by atomic mass is 35.5. The second-order valence-electron chi connectivity index (χ2n) is 14.5. The number of rotatable bonds is 11. The summed E-state index contributed by atoms with van der Waals surface area (Å²) in [7, 11) is 0. The number of aliphatic carboxylic acids is 1. The van der Waals surface area contributed by atoms with Crippen LogP contribution in [0.25, 0.3) is 0 Å². The molecule has 1 fully saturated rings. The van der Waals surface area contributed by atoms with Gasteiger partial charge in [0.1, 0.15) is 17.2 Å². The molecule has 0 radical (unpaired) electrons. The molecule has 2 amide bonds. The van der Waals surface area contributed by atoms with E-state index >= 15 is 0 Å². The molecule has 0 saturated heterocycles. The normalized spacial score (nSPS) is 21.2. The predicted molar refractivity (Wildman–Crippen MR) is 176 cm³/mol. The van der Waals surface area contributed by atoms with Crippen molar-refractivity contribution in [1.29, 1.82) is 0 Å². The van der Waals surface area contributed by atoms with Gasteiger partial charge in [-0.3, -0.25) is 19.4 Å². The van der Waals surface area contributed by atoms with Crippen LogP contribution in [-0.2, 0) is 9.59 Å². The monoisotopic (exact) mass is 639 g/mol. The van der Waals surface area contributed by atoms with Crippen LogP contribution in [-0.4, -0.2) is 45.7 Å². The molecule has 0 unspecified atom stereocenters. The van der Waals surface area contributed by atoms with Crippen LogP contribution in [0.3, 0.4) is 0 Å². The number of carboxylic acid groups (broad SMARTS) is 1. The molecule has 1 spiro atoms. The van der Waals surface area contributed by atoms with Crippen LogP contribution in [0.4, 0.5) is 4.39 Å². The first-order valence-corrected chi connectivity index (χ1v) is 16.4. The number of benzene rings is 2. The first kappa shape index (κ1) is 34.6. The Morgan fingerprint density at radius 3 is 2.31 bits per heavy atom. The largest absolute Gasteiger partial charge is 0.481 e. The SMILES string of the molecule is CCC(C)(C)C1CCC2(CC1)N=C(c1ccc(F)c(Cl)c1)C(=O)N2[C@H](CCC(C)(C)C)c1ccc(C(=O)NCCC(=O)O)cc1. The van der Waals surface area contributed by atoms with Crippen molar-refractivity contribution < 1.29 is 23.9 Å². The summed E-state index contributed by atoms with van der Waals surface area (Å²) in [6.07, 6.45) is 5.77. The van der Waals surface area contributed by atoms with Gasteiger partial charge in [0.15, 0.2) is 0 Å². The van der Waals surface area contributed by atoms with Gasteiger partial charge in [-0.15, -0.1) is 0 Å². The van der Waals surface area contributed by atoms with Crippen LogP contribution in [0.5, 0.6) is 0 Å². The van der Waals surface area contributed by atoms with E-state index in [1.54, 1.807) is 18.2 Å². The van der Waals surface area contributed by atoms with Crippen molar-refractivity contribution in [2.45, 2.75) is 105 Å². The maximum Gasteiger partial charge on any atom is 0.305 e. The molecule has 1 aliphatic heterocycles. The molecule has 244 valence electrons. The standard InChI is InChI=1S/C36H47ClFN3O4/c1-7-35(5,6)26-14-19-36(20-15-26)40-31(25-12-13-28(38)27(37)22-25)33(45)41(36)29(16-18-34(2,3)4)23-8-10-24(11-9-23)32(44)39-21-17-30(42)43/h8-13,22,26,29H,7,14-21H2,1-6H3,(H,39,44)(H,42,43)/t26?,29-,36?/m1/s1. The van der Waals surface area contributed by atoms with Gasteiger partial charge in [0, 0.05) is 17.7 Å². The number of carbonyl (C=O) groups is 3. The highest BCUT2D eigenvalue weighted by Gasteiger charge is 2.53. The molecule has 2 N–H and O–H groups in total. The number of hydrogen-bond donors (Lipinski definition) is 2. The number of amides is 2. The van der Waals surface area contributed by atoms with Gasteiger partial charge in [-0.2, -0.15) is 0 Å². The fourth-order valence-electron chi connectivity index (χ4n) is 6.64. The Morgan fingerprint density at radius 2 is 1.76 bits per heavy atom. The summed E-state index contributed by atoms with van der Waals surface area (Å²) >= 11 is 6.17. The van der Waals surface area contributed by atoms with Crippen molar-refractivity contribution in [2.24, 2.45) is 21.7 Å². The first-order chi connectivity index (χ1) is 21.1. The predicted octanol–water partition coefficient (Wildman–Crippen LogP) is 8.21. The number of nitrogens with one attached hydrogen (secondary N) is 1. The minimum absolute atomic E-state index is 0.00906. The number of nitrogens with zero attached hydrogens (tertiary/aromatic N) is 2. The maximum atomic E-state index is 14.5. The molecule has 0 bridgehead atoms. The summed E-state index contributed by atoms with van der Waals surface area (Å²) in [5.41, 5.74) is 1.57. The summed E-state index contributed by atoms with van der Waals surface area (Å²) in [6, 6.07) is 11.3. The van der Waals surface area contributed by atoms with Gasteiger partial charge in [-0.25, -0.2) is 4.39 Å². The van der Waals surface area contributed by atoms with E-state index in [0.717, 1.165) is 44.1 Å². The van der Waals surface area contributed by atoms with Gasteiger partial charge in [-0.05, 0) is 91.2 Å². The van der Waals surface area contributed by atoms with Crippen molar-refractivity contribution in [1.82, 2.24) is 10.2 Å². The topological polar surface area (TPSA) is 99.1 Å².